The number of carbonyl (C=O) groups excluding carboxylic acids is 1. The summed E-state index contributed by atoms with van der Waals surface area (Å²) in [4.78, 5) is 15.5. The lowest BCUT2D eigenvalue weighted by Gasteiger charge is -2.24. The Morgan fingerprint density at radius 2 is 1.70 bits per heavy atom. The van der Waals surface area contributed by atoms with E-state index in [9.17, 15) is 9.90 Å². The molecule has 1 aliphatic heterocycles. The molecular weight excluding hydrogens is 464 g/mol. The van der Waals surface area contributed by atoms with Crippen LogP contribution >= 0.6 is 0 Å². The first kappa shape index (κ1) is 29.8. The van der Waals surface area contributed by atoms with Gasteiger partial charge < -0.3 is 24.8 Å². The molecule has 1 heterocycles. The second kappa shape index (κ2) is 15.6. The summed E-state index contributed by atoms with van der Waals surface area (Å²) in [7, 11) is 3.18. The second-order valence-electron chi connectivity index (χ2n) is 9.68. The van der Waals surface area contributed by atoms with Gasteiger partial charge in [0.1, 0.15) is 11.5 Å². The lowest BCUT2D eigenvalue weighted by Crippen LogP contribution is -2.32. The molecule has 1 aliphatic rings. The van der Waals surface area contributed by atoms with E-state index in [-0.39, 0.29) is 18.2 Å². The highest BCUT2D eigenvalue weighted by atomic mass is 16.5. The van der Waals surface area contributed by atoms with Crippen LogP contribution in [0.3, 0.4) is 0 Å². The number of benzene rings is 1. The molecule has 37 heavy (non-hydrogen) atoms. The molecule has 0 saturated carbocycles. The average molecular weight is 509 g/mol. The number of fused-ring (bicyclic) bond motifs is 1. The number of hydrogen-bond donors (Lipinski definition) is 2. The van der Waals surface area contributed by atoms with Gasteiger partial charge in [0.05, 0.1) is 37.8 Å². The monoisotopic (exact) mass is 508 g/mol. The first-order valence-corrected chi connectivity index (χ1v) is 13.0. The standard InChI is InChI=1S/C31H44N2O4/c1-23(2)10-7-11-24(3)12-8-13-25(4)18-20-33-21-19-27(36-5)17-16-26(34)22-32-30-28(31(33)35)14-9-15-29(30)37-6/h9-10,12,14-16,18-19,32,34H,7-8,11,13,17,20-22H2,1-6H3/b24-12+,25-18+,26-16+,27-19+. The molecule has 1 amide bonds. The minimum atomic E-state index is -0.115. The van der Waals surface area contributed by atoms with E-state index in [4.69, 9.17) is 9.47 Å². The van der Waals surface area contributed by atoms with Crippen molar-refractivity contribution < 1.29 is 19.4 Å². The highest BCUT2D eigenvalue weighted by Crippen LogP contribution is 2.30. The number of aliphatic hydroxyl groups is 1. The van der Waals surface area contributed by atoms with Gasteiger partial charge in [-0.15, -0.1) is 0 Å². The highest BCUT2D eigenvalue weighted by Gasteiger charge is 2.21. The summed E-state index contributed by atoms with van der Waals surface area (Å²) in [6, 6.07) is 5.39. The maximum atomic E-state index is 13.7. The largest absolute Gasteiger partial charge is 0.511 e. The Hall–Kier alpha value is -3.41. The van der Waals surface area contributed by atoms with E-state index in [0.717, 1.165) is 25.7 Å². The van der Waals surface area contributed by atoms with Gasteiger partial charge in [-0.1, -0.05) is 41.0 Å². The summed E-state index contributed by atoms with van der Waals surface area (Å²) < 4.78 is 11.0. The summed E-state index contributed by atoms with van der Waals surface area (Å²) in [5.41, 5.74) is 5.10. The molecule has 202 valence electrons. The molecule has 2 N–H and O–H groups in total. The number of amides is 1. The van der Waals surface area contributed by atoms with Crippen molar-refractivity contribution in [2.75, 3.05) is 39.2 Å². The van der Waals surface area contributed by atoms with Crippen molar-refractivity contribution in [3.63, 3.8) is 0 Å². The maximum Gasteiger partial charge on any atom is 0.256 e. The van der Waals surface area contributed by atoms with Gasteiger partial charge in [-0.05, 0) is 77.7 Å². The molecule has 1 aromatic carbocycles. The molecule has 0 unspecified atom stereocenters. The number of aliphatic hydroxyl groups excluding tert-OH is 1. The molecule has 6 nitrogen and oxygen atoms in total. The zero-order valence-electron chi connectivity index (χ0n) is 23.4. The number of anilines is 1. The minimum Gasteiger partial charge on any atom is -0.511 e. The number of nitrogens with one attached hydrogen (secondary N) is 1. The van der Waals surface area contributed by atoms with E-state index >= 15 is 0 Å². The molecule has 6 heteroatoms. The van der Waals surface area contributed by atoms with Gasteiger partial charge >= 0.3 is 0 Å². The van der Waals surface area contributed by atoms with Crippen LogP contribution in [0.15, 0.2) is 76.8 Å². The van der Waals surface area contributed by atoms with Crippen molar-refractivity contribution in [3.05, 3.63) is 82.4 Å². The summed E-state index contributed by atoms with van der Waals surface area (Å²) in [6.45, 7) is 9.64. The first-order chi connectivity index (χ1) is 17.7. The van der Waals surface area contributed by atoms with Gasteiger partial charge in [-0.25, -0.2) is 0 Å². The number of rotatable bonds is 10. The molecule has 0 bridgehead atoms. The number of nitrogens with zero attached hydrogens (tertiary/aromatic N) is 1. The zero-order valence-corrected chi connectivity index (χ0v) is 23.4. The number of carbonyl (C=O) groups is 1. The van der Waals surface area contributed by atoms with E-state index < -0.39 is 0 Å². The zero-order chi connectivity index (χ0) is 27.2. The summed E-state index contributed by atoms with van der Waals surface area (Å²) in [5, 5.41) is 13.5. The van der Waals surface area contributed by atoms with E-state index in [2.05, 4.69) is 51.2 Å². The number of ether oxygens (including phenoxy) is 2. The van der Waals surface area contributed by atoms with Gasteiger partial charge in [0.25, 0.3) is 5.91 Å². The van der Waals surface area contributed by atoms with Crippen LogP contribution in [0.4, 0.5) is 5.69 Å². The van der Waals surface area contributed by atoms with E-state index in [0.29, 0.717) is 42.3 Å². The summed E-state index contributed by atoms with van der Waals surface area (Å²) >= 11 is 0. The van der Waals surface area contributed by atoms with E-state index in [1.165, 1.54) is 16.7 Å². The van der Waals surface area contributed by atoms with Gasteiger partial charge in [0.2, 0.25) is 0 Å². The third-order valence-electron chi connectivity index (χ3n) is 6.33. The highest BCUT2D eigenvalue weighted by molar-refractivity contribution is 6.01. The quantitative estimate of drug-likeness (QED) is 0.323. The Labute approximate surface area is 223 Å². The molecule has 0 radical (unpaired) electrons. The van der Waals surface area contributed by atoms with Crippen LogP contribution in [-0.4, -0.2) is 49.8 Å². The molecule has 1 aromatic rings. The van der Waals surface area contributed by atoms with Gasteiger partial charge in [-0.2, -0.15) is 0 Å². The first-order valence-electron chi connectivity index (χ1n) is 13.0. The predicted octanol–water partition coefficient (Wildman–Crippen LogP) is 7.34. The topological polar surface area (TPSA) is 71.0 Å². The fourth-order valence-corrected chi connectivity index (χ4v) is 4.01. The van der Waals surface area contributed by atoms with Crippen molar-refractivity contribution in [3.8, 4) is 5.75 Å². The maximum absolute atomic E-state index is 13.7. The second-order valence-corrected chi connectivity index (χ2v) is 9.68. The van der Waals surface area contributed by atoms with Crippen LogP contribution < -0.4 is 10.1 Å². The molecule has 0 aromatic heterocycles. The van der Waals surface area contributed by atoms with Crippen LogP contribution in [-0.2, 0) is 4.74 Å². The van der Waals surface area contributed by atoms with Crippen molar-refractivity contribution in [1.82, 2.24) is 4.90 Å². The van der Waals surface area contributed by atoms with Crippen LogP contribution in [0.1, 0.15) is 70.2 Å². The molecule has 2 rings (SSSR count). The number of methoxy groups -OCH3 is 2. The molecule has 0 atom stereocenters. The number of allylic oxidation sites excluding steroid dienone is 6. The summed E-state index contributed by atoms with van der Waals surface area (Å²) in [5.74, 6) is 1.31. The van der Waals surface area contributed by atoms with Crippen molar-refractivity contribution in [2.24, 2.45) is 0 Å². The van der Waals surface area contributed by atoms with Crippen LogP contribution in [0.5, 0.6) is 5.75 Å². The molecular formula is C31H44N2O4. The fourth-order valence-electron chi connectivity index (χ4n) is 4.01. The molecule has 0 saturated heterocycles. The molecule has 0 spiro atoms. The molecule has 0 fully saturated rings. The van der Waals surface area contributed by atoms with Crippen molar-refractivity contribution in [2.45, 2.75) is 59.8 Å². The van der Waals surface area contributed by atoms with Gasteiger partial charge in [0.15, 0.2) is 0 Å². The third-order valence-corrected chi connectivity index (χ3v) is 6.33. The van der Waals surface area contributed by atoms with Crippen LogP contribution in [0, 0.1) is 0 Å². The van der Waals surface area contributed by atoms with Crippen LogP contribution in [0.2, 0.25) is 0 Å². The SMILES string of the molecule is CO/C1=C/CN(C/C=C(\C)CC/C=C(\C)CCC=C(C)C)C(=O)c2cccc(OC)c2NC/C(O)=C\C1. The Balaban J connectivity index is 2.21. The normalized spacial score (nSPS) is 18.2. The smallest absolute Gasteiger partial charge is 0.256 e. The van der Waals surface area contributed by atoms with E-state index in [1.807, 2.05) is 6.08 Å². The Kier molecular flexibility index (Phi) is 12.6. The van der Waals surface area contributed by atoms with E-state index in [1.54, 1.807) is 43.4 Å². The molecule has 0 aliphatic carbocycles. The number of hydrogen-bond acceptors (Lipinski definition) is 5. The Morgan fingerprint density at radius 3 is 2.38 bits per heavy atom. The van der Waals surface area contributed by atoms with Gasteiger partial charge in [-0.3, -0.25) is 4.79 Å². The number of para-hydroxylation sites is 1. The summed E-state index contributed by atoms with van der Waals surface area (Å²) in [6.07, 6.45) is 14.9. The lowest BCUT2D eigenvalue weighted by molar-refractivity contribution is 0.0789. The predicted molar refractivity (Wildman–Crippen MR) is 153 cm³/mol. The Bertz CT molecular complexity index is 1060. The third kappa shape index (κ3) is 10.2. The fraction of sp³-hybridized carbons (Fsp3) is 0.452. The Morgan fingerprint density at radius 1 is 1.00 bits per heavy atom. The average Bonchev–Trinajstić information content (AvgIpc) is 2.87. The van der Waals surface area contributed by atoms with Crippen molar-refractivity contribution in [1.29, 1.82) is 0 Å². The van der Waals surface area contributed by atoms with Crippen molar-refractivity contribution >= 4 is 11.6 Å². The van der Waals surface area contributed by atoms with Crippen LogP contribution in [0.25, 0.3) is 0 Å². The minimum absolute atomic E-state index is 0.115. The lowest BCUT2D eigenvalue weighted by atomic mass is 10.1. The van der Waals surface area contributed by atoms with Gasteiger partial charge in [0, 0.05) is 19.5 Å².